The van der Waals surface area contributed by atoms with E-state index in [-0.39, 0.29) is 11.5 Å². The fourth-order valence-electron chi connectivity index (χ4n) is 2.13. The van der Waals surface area contributed by atoms with Gasteiger partial charge in [-0.15, -0.1) is 0 Å². The molecule has 0 amide bonds. The minimum absolute atomic E-state index is 0.189. The summed E-state index contributed by atoms with van der Waals surface area (Å²) in [7, 11) is 1.30. The second kappa shape index (κ2) is 5.96. The first-order chi connectivity index (χ1) is 9.52. The molecule has 1 N–H and O–H groups in total. The zero-order valence-electron chi connectivity index (χ0n) is 11.3. The lowest BCUT2D eigenvalue weighted by molar-refractivity contribution is -0.123. The largest absolute Gasteiger partial charge is 0.464 e. The topological polar surface area (TPSA) is 76.5 Å². The van der Waals surface area contributed by atoms with Crippen molar-refractivity contribution in [2.45, 2.75) is 31.3 Å². The Bertz CT molecular complexity index is 541. The summed E-state index contributed by atoms with van der Waals surface area (Å²) in [5.74, 6) is -0.309. The maximum Gasteiger partial charge on any atom is 0.356 e. The molecule has 1 aromatic rings. The van der Waals surface area contributed by atoms with Crippen molar-refractivity contribution in [2.75, 3.05) is 7.11 Å². The highest BCUT2D eigenvalue weighted by Crippen LogP contribution is 2.27. The fourth-order valence-corrected chi connectivity index (χ4v) is 2.13. The third-order valence-electron chi connectivity index (χ3n) is 3.40. The van der Waals surface area contributed by atoms with E-state index in [0.29, 0.717) is 31.4 Å². The molecule has 0 saturated heterocycles. The lowest BCUT2D eigenvalue weighted by atomic mass is 9.84. The number of nitrogens with zero attached hydrogens (tertiary/aromatic N) is 1. The molecule has 0 aromatic carbocycles. The van der Waals surface area contributed by atoms with Gasteiger partial charge in [0.1, 0.15) is 11.5 Å². The van der Waals surface area contributed by atoms with Gasteiger partial charge in [0.15, 0.2) is 0 Å². The standard InChI is InChI=1S/C15H17NO4/c1-20-14(18)13-4-2-3-11(16-13)5-8-15(19)9-6-12(17)7-10-15/h2-5,8,19H,6-7,9-10H2,1H3/b8-5+. The summed E-state index contributed by atoms with van der Waals surface area (Å²) in [5, 5.41) is 10.3. The van der Waals surface area contributed by atoms with E-state index in [1.807, 2.05) is 0 Å². The molecule has 1 aliphatic rings. The molecule has 2 rings (SSSR count). The monoisotopic (exact) mass is 275 g/mol. The molecule has 0 spiro atoms. The van der Waals surface area contributed by atoms with E-state index < -0.39 is 11.6 Å². The quantitative estimate of drug-likeness (QED) is 0.850. The molecule has 0 atom stereocenters. The zero-order chi connectivity index (χ0) is 14.6. The number of esters is 1. The van der Waals surface area contributed by atoms with Crippen molar-refractivity contribution in [1.82, 2.24) is 4.98 Å². The molecule has 0 unspecified atom stereocenters. The van der Waals surface area contributed by atoms with Gasteiger partial charge in [-0.05, 0) is 31.1 Å². The third-order valence-corrected chi connectivity index (χ3v) is 3.40. The normalized spacial score (nSPS) is 18.2. The van der Waals surface area contributed by atoms with Crippen molar-refractivity contribution in [3.05, 3.63) is 35.7 Å². The van der Waals surface area contributed by atoms with Gasteiger partial charge >= 0.3 is 5.97 Å². The number of pyridine rings is 1. The Morgan fingerprint density at radius 1 is 1.40 bits per heavy atom. The maximum atomic E-state index is 11.4. The van der Waals surface area contributed by atoms with Crippen molar-refractivity contribution in [3.8, 4) is 0 Å². The maximum absolute atomic E-state index is 11.4. The predicted molar refractivity (Wildman–Crippen MR) is 73.0 cm³/mol. The summed E-state index contributed by atoms with van der Waals surface area (Å²) in [6.07, 6.45) is 4.98. The van der Waals surface area contributed by atoms with E-state index in [2.05, 4.69) is 9.72 Å². The molecule has 1 fully saturated rings. The summed E-state index contributed by atoms with van der Waals surface area (Å²) >= 11 is 0. The van der Waals surface area contributed by atoms with E-state index in [1.54, 1.807) is 30.4 Å². The fraction of sp³-hybridized carbons (Fsp3) is 0.400. The average molecular weight is 275 g/mol. The molecule has 20 heavy (non-hydrogen) atoms. The van der Waals surface area contributed by atoms with Crippen LogP contribution in [-0.2, 0) is 9.53 Å². The first-order valence-corrected chi connectivity index (χ1v) is 6.51. The zero-order valence-corrected chi connectivity index (χ0v) is 11.3. The van der Waals surface area contributed by atoms with Crippen LogP contribution in [0.5, 0.6) is 0 Å². The van der Waals surface area contributed by atoms with E-state index in [9.17, 15) is 14.7 Å². The summed E-state index contributed by atoms with van der Waals surface area (Å²) in [5.41, 5.74) is -0.171. The average Bonchev–Trinajstić information content (AvgIpc) is 2.48. The Labute approximate surface area is 117 Å². The summed E-state index contributed by atoms with van der Waals surface area (Å²) < 4.78 is 4.60. The molecule has 106 valence electrons. The van der Waals surface area contributed by atoms with Crippen LogP contribution >= 0.6 is 0 Å². The van der Waals surface area contributed by atoms with E-state index in [1.165, 1.54) is 7.11 Å². The SMILES string of the molecule is COC(=O)c1cccc(/C=C/C2(O)CCC(=O)CC2)n1. The number of ether oxygens (including phenoxy) is 1. The molecule has 0 aliphatic heterocycles. The summed E-state index contributed by atoms with van der Waals surface area (Å²) in [6.45, 7) is 0. The van der Waals surface area contributed by atoms with Crippen LogP contribution in [0.25, 0.3) is 6.08 Å². The van der Waals surface area contributed by atoms with Crippen LogP contribution in [0.3, 0.4) is 0 Å². The predicted octanol–water partition coefficient (Wildman–Crippen LogP) is 1.76. The van der Waals surface area contributed by atoms with Crippen molar-refractivity contribution < 1.29 is 19.4 Å². The Balaban J connectivity index is 2.11. The minimum Gasteiger partial charge on any atom is -0.464 e. The number of aliphatic hydroxyl groups is 1. The number of Topliss-reactive ketones (excluding diaryl/α,β-unsaturated/α-hetero) is 1. The number of carbonyl (C=O) groups excluding carboxylic acids is 2. The van der Waals surface area contributed by atoms with Crippen LogP contribution in [0.4, 0.5) is 0 Å². The molecule has 1 saturated carbocycles. The summed E-state index contributed by atoms with van der Waals surface area (Å²) in [6, 6.07) is 5.00. The highest BCUT2D eigenvalue weighted by molar-refractivity contribution is 5.87. The second-order valence-electron chi connectivity index (χ2n) is 4.91. The molecule has 0 bridgehead atoms. The smallest absolute Gasteiger partial charge is 0.356 e. The number of ketones is 1. The number of rotatable bonds is 3. The summed E-state index contributed by atoms with van der Waals surface area (Å²) in [4.78, 5) is 26.7. The van der Waals surface area contributed by atoms with Gasteiger partial charge in [0, 0.05) is 12.8 Å². The number of aromatic nitrogens is 1. The molecular formula is C15H17NO4. The Morgan fingerprint density at radius 3 is 2.75 bits per heavy atom. The van der Waals surface area contributed by atoms with E-state index >= 15 is 0 Å². The van der Waals surface area contributed by atoms with Gasteiger partial charge in [-0.2, -0.15) is 0 Å². The van der Waals surface area contributed by atoms with Gasteiger partial charge in [0.2, 0.25) is 0 Å². The van der Waals surface area contributed by atoms with Crippen molar-refractivity contribution in [3.63, 3.8) is 0 Å². The lowest BCUT2D eigenvalue weighted by Crippen LogP contribution is -2.31. The Morgan fingerprint density at radius 2 is 2.10 bits per heavy atom. The molecule has 5 heteroatoms. The van der Waals surface area contributed by atoms with Crippen LogP contribution in [0.15, 0.2) is 24.3 Å². The van der Waals surface area contributed by atoms with Crippen LogP contribution in [-0.4, -0.2) is 34.6 Å². The third kappa shape index (κ3) is 3.51. The number of carbonyl (C=O) groups is 2. The van der Waals surface area contributed by atoms with Crippen molar-refractivity contribution >= 4 is 17.8 Å². The molecule has 1 aliphatic carbocycles. The Hall–Kier alpha value is -2.01. The minimum atomic E-state index is -0.961. The lowest BCUT2D eigenvalue weighted by Gasteiger charge is -2.28. The van der Waals surface area contributed by atoms with Crippen LogP contribution in [0, 0.1) is 0 Å². The first-order valence-electron chi connectivity index (χ1n) is 6.51. The molecule has 5 nitrogen and oxygen atoms in total. The van der Waals surface area contributed by atoms with Gasteiger partial charge in [0.25, 0.3) is 0 Å². The van der Waals surface area contributed by atoms with Crippen LogP contribution in [0.1, 0.15) is 41.9 Å². The Kier molecular flexibility index (Phi) is 4.29. The number of hydrogen-bond acceptors (Lipinski definition) is 5. The van der Waals surface area contributed by atoms with Gasteiger partial charge < -0.3 is 9.84 Å². The van der Waals surface area contributed by atoms with Crippen LogP contribution in [0.2, 0.25) is 0 Å². The van der Waals surface area contributed by atoms with Gasteiger partial charge in [0.05, 0.1) is 18.4 Å². The molecule has 1 heterocycles. The second-order valence-corrected chi connectivity index (χ2v) is 4.91. The number of hydrogen-bond donors (Lipinski definition) is 1. The van der Waals surface area contributed by atoms with E-state index in [0.717, 1.165) is 0 Å². The van der Waals surface area contributed by atoms with Gasteiger partial charge in [-0.1, -0.05) is 12.1 Å². The van der Waals surface area contributed by atoms with Crippen molar-refractivity contribution in [2.24, 2.45) is 0 Å². The molecule has 1 aromatic heterocycles. The first kappa shape index (κ1) is 14.4. The van der Waals surface area contributed by atoms with Crippen molar-refractivity contribution in [1.29, 1.82) is 0 Å². The van der Waals surface area contributed by atoms with E-state index in [4.69, 9.17) is 0 Å². The molecular weight excluding hydrogens is 258 g/mol. The highest BCUT2D eigenvalue weighted by Gasteiger charge is 2.29. The number of methoxy groups -OCH3 is 1. The van der Waals surface area contributed by atoms with Gasteiger partial charge in [-0.3, -0.25) is 4.79 Å². The van der Waals surface area contributed by atoms with Crippen LogP contribution < -0.4 is 0 Å². The molecule has 0 radical (unpaired) electrons. The van der Waals surface area contributed by atoms with Gasteiger partial charge in [-0.25, -0.2) is 9.78 Å². The highest BCUT2D eigenvalue weighted by atomic mass is 16.5.